The Kier molecular flexibility index (Phi) is 2.64. The van der Waals surface area contributed by atoms with E-state index in [1.54, 1.807) is 4.68 Å². The molecule has 5 nitrogen and oxygen atoms in total. The minimum atomic E-state index is 0.895. The SMILES string of the molecule is Cn1cc(-c2cnc3[nH]cc(-c4ccc5[nH]ccc5c4)c3c2)cn1. The molecule has 4 heterocycles. The highest BCUT2D eigenvalue weighted by Gasteiger charge is 2.10. The number of pyridine rings is 1. The van der Waals surface area contributed by atoms with Gasteiger partial charge in [0.1, 0.15) is 5.65 Å². The molecule has 0 saturated heterocycles. The average molecular weight is 313 g/mol. The number of fused-ring (bicyclic) bond motifs is 2. The van der Waals surface area contributed by atoms with Crippen LogP contribution in [-0.4, -0.2) is 24.7 Å². The first-order valence-electron chi connectivity index (χ1n) is 7.81. The van der Waals surface area contributed by atoms with Crippen LogP contribution >= 0.6 is 0 Å². The lowest BCUT2D eigenvalue weighted by Gasteiger charge is -2.02. The summed E-state index contributed by atoms with van der Waals surface area (Å²) in [4.78, 5) is 11.1. The lowest BCUT2D eigenvalue weighted by Crippen LogP contribution is -1.84. The predicted molar refractivity (Wildman–Crippen MR) is 95.6 cm³/mol. The van der Waals surface area contributed by atoms with Crippen molar-refractivity contribution in [2.24, 2.45) is 7.05 Å². The lowest BCUT2D eigenvalue weighted by atomic mass is 10.0. The van der Waals surface area contributed by atoms with Gasteiger partial charge in [-0.1, -0.05) is 6.07 Å². The second-order valence-electron chi connectivity index (χ2n) is 6.00. The molecule has 0 aliphatic carbocycles. The molecule has 0 bridgehead atoms. The van der Waals surface area contributed by atoms with E-state index < -0.39 is 0 Å². The van der Waals surface area contributed by atoms with Crippen LogP contribution in [0, 0.1) is 0 Å². The Balaban J connectivity index is 1.70. The van der Waals surface area contributed by atoms with E-state index in [2.05, 4.69) is 50.4 Å². The Morgan fingerprint density at radius 3 is 2.79 bits per heavy atom. The third kappa shape index (κ3) is 1.95. The number of aromatic amines is 2. The van der Waals surface area contributed by atoms with Crippen LogP contribution in [-0.2, 0) is 7.05 Å². The predicted octanol–water partition coefficient (Wildman–Crippen LogP) is 4.11. The first-order chi connectivity index (χ1) is 11.8. The normalized spacial score (nSPS) is 11.5. The first-order valence-corrected chi connectivity index (χ1v) is 7.81. The molecule has 5 heteroatoms. The summed E-state index contributed by atoms with van der Waals surface area (Å²) in [6, 6.07) is 10.7. The third-order valence-electron chi connectivity index (χ3n) is 4.43. The molecule has 0 radical (unpaired) electrons. The van der Waals surface area contributed by atoms with Gasteiger partial charge in [0.15, 0.2) is 0 Å². The zero-order valence-electron chi connectivity index (χ0n) is 13.1. The van der Waals surface area contributed by atoms with Crippen molar-refractivity contribution < 1.29 is 0 Å². The molecule has 0 unspecified atom stereocenters. The molecule has 0 aliphatic rings. The molecule has 116 valence electrons. The summed E-state index contributed by atoms with van der Waals surface area (Å²) >= 11 is 0. The number of aromatic nitrogens is 5. The molecule has 0 spiro atoms. The molecule has 2 N–H and O–H groups in total. The van der Waals surface area contributed by atoms with Crippen molar-refractivity contribution >= 4 is 21.9 Å². The van der Waals surface area contributed by atoms with Crippen molar-refractivity contribution in [3.63, 3.8) is 0 Å². The van der Waals surface area contributed by atoms with Gasteiger partial charge in [0.05, 0.1) is 6.20 Å². The molecular weight excluding hydrogens is 298 g/mol. The van der Waals surface area contributed by atoms with Gasteiger partial charge >= 0.3 is 0 Å². The Hall–Kier alpha value is -3.34. The summed E-state index contributed by atoms with van der Waals surface area (Å²) in [7, 11) is 1.92. The van der Waals surface area contributed by atoms with E-state index in [1.165, 1.54) is 10.9 Å². The Morgan fingerprint density at radius 2 is 1.92 bits per heavy atom. The first kappa shape index (κ1) is 13.1. The third-order valence-corrected chi connectivity index (χ3v) is 4.43. The van der Waals surface area contributed by atoms with E-state index in [0.717, 1.165) is 33.2 Å². The standard InChI is InChI=1S/C19H15N5/c1-24-11-15(9-23-24)14-7-16-17(10-22-19(16)21-8-14)12-2-3-18-13(6-12)4-5-20-18/h2-11,20H,1H3,(H,21,22). The fourth-order valence-electron chi connectivity index (χ4n) is 3.19. The van der Waals surface area contributed by atoms with Crippen molar-refractivity contribution in [2.75, 3.05) is 0 Å². The zero-order valence-corrected chi connectivity index (χ0v) is 13.1. The number of H-pyrrole nitrogens is 2. The van der Waals surface area contributed by atoms with E-state index in [-0.39, 0.29) is 0 Å². The Bertz CT molecular complexity index is 1170. The maximum Gasteiger partial charge on any atom is 0.137 e. The summed E-state index contributed by atoms with van der Waals surface area (Å²) in [6.07, 6.45) is 9.74. The van der Waals surface area contributed by atoms with Gasteiger partial charge in [-0.15, -0.1) is 0 Å². The van der Waals surface area contributed by atoms with E-state index in [9.17, 15) is 0 Å². The maximum atomic E-state index is 4.57. The monoisotopic (exact) mass is 313 g/mol. The van der Waals surface area contributed by atoms with Crippen molar-refractivity contribution in [2.45, 2.75) is 0 Å². The lowest BCUT2D eigenvalue weighted by molar-refractivity contribution is 0.768. The summed E-state index contributed by atoms with van der Waals surface area (Å²) in [6.45, 7) is 0. The zero-order chi connectivity index (χ0) is 16.1. The van der Waals surface area contributed by atoms with Gasteiger partial charge < -0.3 is 9.97 Å². The van der Waals surface area contributed by atoms with Crippen LogP contribution in [0.5, 0.6) is 0 Å². The average Bonchev–Trinajstić information content (AvgIpc) is 3.32. The van der Waals surface area contributed by atoms with E-state index in [4.69, 9.17) is 0 Å². The Morgan fingerprint density at radius 1 is 0.958 bits per heavy atom. The smallest absolute Gasteiger partial charge is 0.137 e. The number of hydrogen-bond acceptors (Lipinski definition) is 2. The van der Waals surface area contributed by atoms with Crippen LogP contribution in [0.2, 0.25) is 0 Å². The number of benzene rings is 1. The quantitative estimate of drug-likeness (QED) is 0.515. The highest BCUT2D eigenvalue weighted by molar-refractivity contribution is 5.98. The van der Waals surface area contributed by atoms with Crippen LogP contribution in [0.4, 0.5) is 0 Å². The van der Waals surface area contributed by atoms with E-state index in [0.29, 0.717) is 0 Å². The fraction of sp³-hybridized carbons (Fsp3) is 0.0526. The largest absolute Gasteiger partial charge is 0.361 e. The molecule has 0 aliphatic heterocycles. The molecular formula is C19H15N5. The number of nitrogens with one attached hydrogen (secondary N) is 2. The molecule has 5 aromatic rings. The maximum absolute atomic E-state index is 4.57. The van der Waals surface area contributed by atoms with Gasteiger partial charge in [-0.3, -0.25) is 4.68 Å². The fourth-order valence-corrected chi connectivity index (χ4v) is 3.19. The van der Waals surface area contributed by atoms with Crippen LogP contribution in [0.15, 0.2) is 61.3 Å². The van der Waals surface area contributed by atoms with Gasteiger partial charge in [-0.25, -0.2) is 4.98 Å². The van der Waals surface area contributed by atoms with E-state index in [1.807, 2.05) is 38.0 Å². The highest BCUT2D eigenvalue weighted by Crippen LogP contribution is 2.32. The molecule has 5 rings (SSSR count). The topological polar surface area (TPSA) is 62.3 Å². The summed E-state index contributed by atoms with van der Waals surface area (Å²) in [5, 5.41) is 6.57. The van der Waals surface area contributed by atoms with Crippen molar-refractivity contribution in [1.82, 2.24) is 24.7 Å². The number of hydrogen-bond donors (Lipinski definition) is 2. The van der Waals surface area contributed by atoms with Gasteiger partial charge in [0.2, 0.25) is 0 Å². The van der Waals surface area contributed by atoms with Crippen LogP contribution in [0.3, 0.4) is 0 Å². The Labute approximate surface area is 138 Å². The summed E-state index contributed by atoms with van der Waals surface area (Å²) < 4.78 is 1.80. The molecule has 0 amide bonds. The van der Waals surface area contributed by atoms with Gasteiger partial charge in [0, 0.05) is 59.4 Å². The second kappa shape index (κ2) is 4.83. The van der Waals surface area contributed by atoms with Gasteiger partial charge in [-0.2, -0.15) is 5.10 Å². The van der Waals surface area contributed by atoms with Gasteiger partial charge in [-0.05, 0) is 35.2 Å². The number of rotatable bonds is 2. The molecule has 4 aromatic heterocycles. The van der Waals surface area contributed by atoms with Gasteiger partial charge in [0.25, 0.3) is 0 Å². The molecule has 0 saturated carbocycles. The van der Waals surface area contributed by atoms with Crippen LogP contribution in [0.25, 0.3) is 44.2 Å². The number of nitrogens with zero attached hydrogens (tertiary/aromatic N) is 3. The van der Waals surface area contributed by atoms with Crippen molar-refractivity contribution in [1.29, 1.82) is 0 Å². The summed E-state index contributed by atoms with van der Waals surface area (Å²) in [5.41, 5.74) is 6.52. The minimum absolute atomic E-state index is 0.895. The molecule has 0 fully saturated rings. The molecule has 24 heavy (non-hydrogen) atoms. The minimum Gasteiger partial charge on any atom is -0.361 e. The van der Waals surface area contributed by atoms with Crippen LogP contribution < -0.4 is 0 Å². The van der Waals surface area contributed by atoms with Crippen molar-refractivity contribution in [3.8, 4) is 22.3 Å². The molecule has 0 atom stereocenters. The second-order valence-corrected chi connectivity index (χ2v) is 6.00. The van der Waals surface area contributed by atoms with Crippen molar-refractivity contribution in [3.05, 3.63) is 61.3 Å². The highest BCUT2D eigenvalue weighted by atomic mass is 15.2. The molecule has 1 aromatic carbocycles. The number of aryl methyl sites for hydroxylation is 1. The van der Waals surface area contributed by atoms with Crippen LogP contribution in [0.1, 0.15) is 0 Å². The summed E-state index contributed by atoms with van der Waals surface area (Å²) in [5.74, 6) is 0. The van der Waals surface area contributed by atoms with E-state index >= 15 is 0 Å².